The highest BCUT2D eigenvalue weighted by Gasteiger charge is 2.21. The minimum atomic E-state index is 0.743. The maximum atomic E-state index is 6.10. The van der Waals surface area contributed by atoms with Gasteiger partial charge in [-0.1, -0.05) is 18.2 Å². The molecule has 1 aliphatic heterocycles. The number of nitrogens with one attached hydrogen (secondary N) is 1. The number of hydrogen-bond donors (Lipinski definition) is 1. The Kier molecular flexibility index (Phi) is 4.58. The molecule has 1 aliphatic carbocycles. The van der Waals surface area contributed by atoms with Crippen molar-refractivity contribution in [1.82, 2.24) is 10.2 Å². The van der Waals surface area contributed by atoms with E-state index in [0.29, 0.717) is 0 Å². The van der Waals surface area contributed by atoms with Crippen LogP contribution in [-0.2, 0) is 6.54 Å². The van der Waals surface area contributed by atoms with Gasteiger partial charge in [0.15, 0.2) is 0 Å². The summed E-state index contributed by atoms with van der Waals surface area (Å²) in [7, 11) is 0. The minimum Gasteiger partial charge on any atom is -0.492 e. The molecule has 110 valence electrons. The molecule has 1 heterocycles. The van der Waals surface area contributed by atoms with Gasteiger partial charge >= 0.3 is 0 Å². The first-order valence-corrected chi connectivity index (χ1v) is 8.00. The summed E-state index contributed by atoms with van der Waals surface area (Å²) in [6.07, 6.45) is 5.36. The van der Waals surface area contributed by atoms with Crippen LogP contribution in [0, 0.1) is 6.92 Å². The van der Waals surface area contributed by atoms with E-state index in [-0.39, 0.29) is 0 Å². The van der Waals surface area contributed by atoms with Crippen LogP contribution < -0.4 is 10.1 Å². The minimum absolute atomic E-state index is 0.743. The van der Waals surface area contributed by atoms with E-state index in [2.05, 4.69) is 35.3 Å². The molecule has 20 heavy (non-hydrogen) atoms. The summed E-state index contributed by atoms with van der Waals surface area (Å²) in [6, 6.07) is 7.21. The van der Waals surface area contributed by atoms with Gasteiger partial charge in [-0.05, 0) is 51.3 Å². The molecular formula is C17H26N2O. The Labute approximate surface area is 122 Å². The molecule has 3 nitrogen and oxygen atoms in total. The number of rotatable bonds is 7. The van der Waals surface area contributed by atoms with Gasteiger partial charge in [-0.2, -0.15) is 0 Å². The standard InChI is InChI=1S/C17H26N2O/c1-14-5-4-6-15(13-18-16-7-8-16)17(14)20-12-11-19-9-2-3-10-19/h4-6,16,18H,2-3,7-13H2,1H3. The average Bonchev–Trinajstić information content (AvgIpc) is 3.14. The molecule has 1 aromatic carbocycles. The quantitative estimate of drug-likeness (QED) is 0.827. The van der Waals surface area contributed by atoms with E-state index in [0.717, 1.165) is 31.5 Å². The van der Waals surface area contributed by atoms with Crippen molar-refractivity contribution in [2.24, 2.45) is 0 Å². The number of ether oxygens (including phenoxy) is 1. The smallest absolute Gasteiger partial charge is 0.126 e. The van der Waals surface area contributed by atoms with Crippen LogP contribution in [0.15, 0.2) is 18.2 Å². The first-order valence-electron chi connectivity index (χ1n) is 8.00. The van der Waals surface area contributed by atoms with Crippen LogP contribution in [0.3, 0.4) is 0 Å². The predicted octanol–water partition coefficient (Wildman–Crippen LogP) is 2.72. The predicted molar refractivity (Wildman–Crippen MR) is 82.2 cm³/mol. The molecule has 0 unspecified atom stereocenters. The van der Waals surface area contributed by atoms with E-state index in [1.165, 1.54) is 49.9 Å². The zero-order chi connectivity index (χ0) is 13.8. The second-order valence-corrected chi connectivity index (χ2v) is 6.12. The molecule has 0 amide bonds. The van der Waals surface area contributed by atoms with Gasteiger partial charge < -0.3 is 10.1 Å². The monoisotopic (exact) mass is 274 g/mol. The first kappa shape index (κ1) is 13.9. The summed E-state index contributed by atoms with van der Waals surface area (Å²) < 4.78 is 6.10. The highest BCUT2D eigenvalue weighted by molar-refractivity contribution is 5.40. The first-order chi connectivity index (χ1) is 9.83. The zero-order valence-corrected chi connectivity index (χ0v) is 12.5. The van der Waals surface area contributed by atoms with Gasteiger partial charge in [-0.25, -0.2) is 0 Å². The van der Waals surface area contributed by atoms with Crippen LogP contribution in [-0.4, -0.2) is 37.2 Å². The van der Waals surface area contributed by atoms with Crippen LogP contribution in [0.25, 0.3) is 0 Å². The maximum absolute atomic E-state index is 6.10. The summed E-state index contributed by atoms with van der Waals surface area (Å²) in [5.41, 5.74) is 2.56. The molecule has 1 aromatic rings. The van der Waals surface area contributed by atoms with Gasteiger partial charge in [-0.3, -0.25) is 4.90 Å². The number of aryl methyl sites for hydroxylation is 1. The van der Waals surface area contributed by atoms with Crippen LogP contribution in [0.5, 0.6) is 5.75 Å². The van der Waals surface area contributed by atoms with E-state index in [1.54, 1.807) is 0 Å². The van der Waals surface area contributed by atoms with E-state index in [9.17, 15) is 0 Å². The van der Waals surface area contributed by atoms with Gasteiger partial charge in [-0.15, -0.1) is 0 Å². The van der Waals surface area contributed by atoms with E-state index < -0.39 is 0 Å². The number of hydrogen-bond acceptors (Lipinski definition) is 3. The third kappa shape index (κ3) is 3.74. The third-order valence-corrected chi connectivity index (χ3v) is 4.30. The van der Waals surface area contributed by atoms with Crippen molar-refractivity contribution in [2.45, 2.75) is 45.2 Å². The fourth-order valence-corrected chi connectivity index (χ4v) is 2.88. The van der Waals surface area contributed by atoms with Crippen molar-refractivity contribution in [2.75, 3.05) is 26.2 Å². The van der Waals surface area contributed by atoms with Crippen LogP contribution in [0.2, 0.25) is 0 Å². The van der Waals surface area contributed by atoms with E-state index >= 15 is 0 Å². The van der Waals surface area contributed by atoms with Gasteiger partial charge in [0, 0.05) is 24.7 Å². The van der Waals surface area contributed by atoms with Crippen molar-refractivity contribution in [3.8, 4) is 5.75 Å². The molecular weight excluding hydrogens is 248 g/mol. The zero-order valence-electron chi connectivity index (χ0n) is 12.5. The van der Waals surface area contributed by atoms with Gasteiger partial charge in [0.1, 0.15) is 12.4 Å². The Morgan fingerprint density at radius 2 is 2.05 bits per heavy atom. The lowest BCUT2D eigenvalue weighted by molar-refractivity contribution is 0.235. The summed E-state index contributed by atoms with van der Waals surface area (Å²) >= 11 is 0. The largest absolute Gasteiger partial charge is 0.492 e. The van der Waals surface area contributed by atoms with Gasteiger partial charge in [0.2, 0.25) is 0 Å². The van der Waals surface area contributed by atoms with Gasteiger partial charge in [0.05, 0.1) is 0 Å². The SMILES string of the molecule is Cc1cccc(CNC2CC2)c1OCCN1CCCC1. The second kappa shape index (κ2) is 6.59. The molecule has 2 fully saturated rings. The lowest BCUT2D eigenvalue weighted by Gasteiger charge is -2.18. The number of nitrogens with zero attached hydrogens (tertiary/aromatic N) is 1. The fourth-order valence-electron chi connectivity index (χ4n) is 2.88. The molecule has 1 saturated heterocycles. The van der Waals surface area contributed by atoms with Crippen LogP contribution >= 0.6 is 0 Å². The highest BCUT2D eigenvalue weighted by atomic mass is 16.5. The van der Waals surface area contributed by atoms with Crippen molar-refractivity contribution in [3.63, 3.8) is 0 Å². The average molecular weight is 274 g/mol. The van der Waals surface area contributed by atoms with Crippen molar-refractivity contribution < 1.29 is 4.74 Å². The Hall–Kier alpha value is -1.06. The molecule has 3 heteroatoms. The van der Waals surface area contributed by atoms with Crippen molar-refractivity contribution in [1.29, 1.82) is 0 Å². The van der Waals surface area contributed by atoms with Crippen molar-refractivity contribution in [3.05, 3.63) is 29.3 Å². The summed E-state index contributed by atoms with van der Waals surface area (Å²) in [6.45, 7) is 7.43. The third-order valence-electron chi connectivity index (χ3n) is 4.30. The summed E-state index contributed by atoms with van der Waals surface area (Å²) in [4.78, 5) is 2.50. The van der Waals surface area contributed by atoms with Crippen LogP contribution in [0.4, 0.5) is 0 Å². The lowest BCUT2D eigenvalue weighted by atomic mass is 10.1. The summed E-state index contributed by atoms with van der Waals surface area (Å²) in [5.74, 6) is 1.10. The summed E-state index contributed by atoms with van der Waals surface area (Å²) in [5, 5.41) is 3.58. The normalized spacial score (nSPS) is 19.4. The molecule has 0 aromatic heterocycles. The Morgan fingerprint density at radius 1 is 1.25 bits per heavy atom. The van der Waals surface area contributed by atoms with Crippen LogP contribution in [0.1, 0.15) is 36.8 Å². The molecule has 2 aliphatic rings. The Morgan fingerprint density at radius 3 is 2.80 bits per heavy atom. The second-order valence-electron chi connectivity index (χ2n) is 6.12. The van der Waals surface area contributed by atoms with Gasteiger partial charge in [0.25, 0.3) is 0 Å². The molecule has 0 radical (unpaired) electrons. The molecule has 1 N–H and O–H groups in total. The van der Waals surface area contributed by atoms with E-state index in [4.69, 9.17) is 4.74 Å². The molecule has 3 rings (SSSR count). The fraction of sp³-hybridized carbons (Fsp3) is 0.647. The van der Waals surface area contributed by atoms with Crippen molar-refractivity contribution >= 4 is 0 Å². The molecule has 0 atom stereocenters. The maximum Gasteiger partial charge on any atom is 0.126 e. The molecule has 1 saturated carbocycles. The number of likely N-dealkylation sites (tertiary alicyclic amines) is 1. The highest BCUT2D eigenvalue weighted by Crippen LogP contribution is 2.25. The molecule has 0 bridgehead atoms. The Bertz CT molecular complexity index is 437. The Balaban J connectivity index is 1.54. The number of para-hydroxylation sites is 1. The molecule has 0 spiro atoms. The topological polar surface area (TPSA) is 24.5 Å². The lowest BCUT2D eigenvalue weighted by Crippen LogP contribution is -2.25. The number of benzene rings is 1. The van der Waals surface area contributed by atoms with E-state index in [1.807, 2.05) is 0 Å².